The predicted molar refractivity (Wildman–Crippen MR) is 90.2 cm³/mol. The van der Waals surface area contributed by atoms with Crippen LogP contribution in [0.4, 0.5) is 23.5 Å². The van der Waals surface area contributed by atoms with Gasteiger partial charge in [0.2, 0.25) is 17.8 Å². The third kappa shape index (κ3) is 5.22. The van der Waals surface area contributed by atoms with E-state index in [4.69, 9.17) is 20.5 Å². The number of hydrogen-bond acceptors (Lipinski definition) is 10. The fourth-order valence-electron chi connectivity index (χ4n) is 1.97. The largest absolute Gasteiger partial charge is 0.395 e. The Balaban J connectivity index is 2.24. The summed E-state index contributed by atoms with van der Waals surface area (Å²) >= 11 is 0. The zero-order valence-electron chi connectivity index (χ0n) is 13.1. The van der Waals surface area contributed by atoms with Crippen LogP contribution in [0.25, 0.3) is 0 Å². The summed E-state index contributed by atoms with van der Waals surface area (Å²) in [5.74, 6) is 0.207. The van der Waals surface area contributed by atoms with Gasteiger partial charge in [-0.2, -0.15) is 23.4 Å². The number of aliphatic hydroxyl groups excluding tert-OH is 2. The molecule has 0 bridgehead atoms. The number of nitrogens with zero attached hydrogens (tertiary/aromatic N) is 4. The van der Waals surface area contributed by atoms with Crippen molar-refractivity contribution in [2.45, 2.75) is 4.90 Å². The zero-order valence-corrected chi connectivity index (χ0v) is 13.9. The standard InChI is InChI=1S/C13H18N6O5S/c14-11-16-12(18-13(17-11)19(5-7-20)6-8-21)15-9-1-3-10(4-2-9)25(22,23)24/h1-4,20-21H,5-8H2,(H,22,23,24)(H3,14,15,16,17,18). The molecule has 12 heteroatoms. The lowest BCUT2D eigenvalue weighted by atomic mass is 10.3. The number of nitrogens with one attached hydrogen (secondary N) is 1. The van der Waals surface area contributed by atoms with Crippen molar-refractivity contribution in [1.82, 2.24) is 15.0 Å². The van der Waals surface area contributed by atoms with Crippen molar-refractivity contribution in [3.8, 4) is 0 Å². The Morgan fingerprint density at radius 1 is 1.04 bits per heavy atom. The van der Waals surface area contributed by atoms with Gasteiger partial charge in [0.05, 0.1) is 18.1 Å². The first-order chi connectivity index (χ1) is 11.8. The van der Waals surface area contributed by atoms with Gasteiger partial charge in [0.1, 0.15) is 0 Å². The number of hydrogen-bond donors (Lipinski definition) is 5. The summed E-state index contributed by atoms with van der Waals surface area (Å²) in [6.07, 6.45) is 0. The Morgan fingerprint density at radius 2 is 1.64 bits per heavy atom. The van der Waals surface area contributed by atoms with E-state index >= 15 is 0 Å². The van der Waals surface area contributed by atoms with Crippen LogP contribution in [0.2, 0.25) is 0 Å². The van der Waals surface area contributed by atoms with Crippen LogP contribution in [0.3, 0.4) is 0 Å². The second-order valence-electron chi connectivity index (χ2n) is 4.88. The fourth-order valence-corrected chi connectivity index (χ4v) is 2.45. The number of aromatic nitrogens is 3. The molecule has 0 spiro atoms. The van der Waals surface area contributed by atoms with Crippen LogP contribution in [-0.4, -0.2) is 64.4 Å². The molecule has 0 saturated heterocycles. The number of aliphatic hydroxyl groups is 2. The molecule has 1 aromatic heterocycles. The molecule has 0 amide bonds. The molecule has 0 aliphatic heterocycles. The molecule has 0 radical (unpaired) electrons. The van der Waals surface area contributed by atoms with Gasteiger partial charge in [0.15, 0.2) is 0 Å². The average Bonchev–Trinajstić information content (AvgIpc) is 2.54. The highest BCUT2D eigenvalue weighted by atomic mass is 32.2. The van der Waals surface area contributed by atoms with E-state index in [0.29, 0.717) is 5.69 Å². The first-order valence-electron chi connectivity index (χ1n) is 7.16. The number of rotatable bonds is 8. The maximum Gasteiger partial charge on any atom is 0.294 e. The molecule has 0 saturated carbocycles. The van der Waals surface area contributed by atoms with Crippen LogP contribution in [0, 0.1) is 0 Å². The molecule has 0 aliphatic rings. The number of benzene rings is 1. The minimum Gasteiger partial charge on any atom is -0.395 e. The topological polar surface area (TPSA) is 175 Å². The number of nitrogen functional groups attached to an aromatic ring is 1. The summed E-state index contributed by atoms with van der Waals surface area (Å²) in [5, 5.41) is 21.0. The summed E-state index contributed by atoms with van der Waals surface area (Å²) in [4.78, 5) is 13.3. The van der Waals surface area contributed by atoms with Gasteiger partial charge < -0.3 is 26.2 Å². The fraction of sp³-hybridized carbons (Fsp3) is 0.308. The molecule has 0 fully saturated rings. The van der Waals surface area contributed by atoms with Crippen LogP contribution in [0.1, 0.15) is 0 Å². The smallest absolute Gasteiger partial charge is 0.294 e. The lowest BCUT2D eigenvalue weighted by Gasteiger charge is -2.20. The third-order valence-corrected chi connectivity index (χ3v) is 3.94. The maximum absolute atomic E-state index is 11.0. The van der Waals surface area contributed by atoms with Gasteiger partial charge in [-0.05, 0) is 24.3 Å². The summed E-state index contributed by atoms with van der Waals surface area (Å²) in [5.41, 5.74) is 6.12. The molecule has 2 aromatic rings. The Hall–Kier alpha value is -2.54. The quantitative estimate of drug-likeness (QED) is 0.369. The average molecular weight is 370 g/mol. The number of anilines is 4. The maximum atomic E-state index is 11.0. The van der Waals surface area contributed by atoms with Gasteiger partial charge >= 0.3 is 0 Å². The van der Waals surface area contributed by atoms with Crippen LogP contribution < -0.4 is 16.0 Å². The van der Waals surface area contributed by atoms with Gasteiger partial charge in [0, 0.05) is 18.8 Å². The van der Waals surface area contributed by atoms with Crippen molar-refractivity contribution in [3.63, 3.8) is 0 Å². The zero-order chi connectivity index (χ0) is 18.4. The molecule has 25 heavy (non-hydrogen) atoms. The highest BCUT2D eigenvalue weighted by Crippen LogP contribution is 2.18. The molecule has 1 heterocycles. The molecule has 0 unspecified atom stereocenters. The number of nitrogens with two attached hydrogens (primary N) is 1. The highest BCUT2D eigenvalue weighted by molar-refractivity contribution is 7.85. The van der Waals surface area contributed by atoms with Crippen LogP contribution >= 0.6 is 0 Å². The first-order valence-corrected chi connectivity index (χ1v) is 8.60. The Morgan fingerprint density at radius 3 is 2.16 bits per heavy atom. The van der Waals surface area contributed by atoms with E-state index in [1.165, 1.54) is 29.2 Å². The molecule has 1 aromatic carbocycles. The van der Waals surface area contributed by atoms with Gasteiger partial charge in [-0.25, -0.2) is 0 Å². The Bertz CT molecular complexity index is 808. The predicted octanol–water partition coefficient (Wildman–Crippen LogP) is -0.765. The Kier molecular flexibility index (Phi) is 6.03. The van der Waals surface area contributed by atoms with Gasteiger partial charge in [-0.3, -0.25) is 4.55 Å². The summed E-state index contributed by atoms with van der Waals surface area (Å²) < 4.78 is 31.0. The molecule has 11 nitrogen and oxygen atoms in total. The van der Waals surface area contributed by atoms with Gasteiger partial charge in [0.25, 0.3) is 10.1 Å². The first kappa shape index (κ1) is 18.8. The van der Waals surface area contributed by atoms with Crippen molar-refractivity contribution in [2.75, 3.05) is 42.3 Å². The molecular formula is C13H18N6O5S. The van der Waals surface area contributed by atoms with E-state index in [0.717, 1.165) is 0 Å². The molecule has 2 rings (SSSR count). The van der Waals surface area contributed by atoms with Crippen molar-refractivity contribution >= 4 is 33.7 Å². The molecule has 136 valence electrons. The van der Waals surface area contributed by atoms with Crippen LogP contribution in [0.5, 0.6) is 0 Å². The van der Waals surface area contributed by atoms with Gasteiger partial charge in [-0.1, -0.05) is 0 Å². The van der Waals surface area contributed by atoms with Gasteiger partial charge in [-0.15, -0.1) is 0 Å². The lowest BCUT2D eigenvalue weighted by Crippen LogP contribution is -2.31. The lowest BCUT2D eigenvalue weighted by molar-refractivity contribution is 0.280. The molecule has 0 aliphatic carbocycles. The summed E-state index contributed by atoms with van der Waals surface area (Å²) in [7, 11) is -4.27. The molecular weight excluding hydrogens is 352 g/mol. The Labute approximate surface area is 143 Å². The van der Waals surface area contributed by atoms with Crippen molar-refractivity contribution in [3.05, 3.63) is 24.3 Å². The van der Waals surface area contributed by atoms with E-state index < -0.39 is 10.1 Å². The van der Waals surface area contributed by atoms with E-state index in [1.807, 2.05) is 0 Å². The SMILES string of the molecule is Nc1nc(Nc2ccc(S(=O)(=O)O)cc2)nc(N(CCO)CCO)n1. The molecule has 6 N–H and O–H groups in total. The second kappa shape index (κ2) is 8.02. The minimum absolute atomic E-state index is 0.0667. The monoisotopic (exact) mass is 370 g/mol. The minimum atomic E-state index is -4.27. The van der Waals surface area contributed by atoms with Crippen molar-refractivity contribution in [2.24, 2.45) is 0 Å². The normalized spacial score (nSPS) is 11.3. The third-order valence-electron chi connectivity index (χ3n) is 3.07. The van der Waals surface area contributed by atoms with E-state index in [2.05, 4.69) is 20.3 Å². The van der Waals surface area contributed by atoms with E-state index in [-0.39, 0.29) is 49.0 Å². The summed E-state index contributed by atoms with van der Waals surface area (Å²) in [6, 6.07) is 5.27. The highest BCUT2D eigenvalue weighted by Gasteiger charge is 2.13. The van der Waals surface area contributed by atoms with E-state index in [1.54, 1.807) is 0 Å². The second-order valence-corrected chi connectivity index (χ2v) is 6.30. The van der Waals surface area contributed by atoms with Crippen molar-refractivity contribution < 1.29 is 23.2 Å². The van der Waals surface area contributed by atoms with Crippen LogP contribution in [-0.2, 0) is 10.1 Å². The summed E-state index contributed by atoms with van der Waals surface area (Å²) in [6.45, 7) is 0.0793. The van der Waals surface area contributed by atoms with Crippen LogP contribution in [0.15, 0.2) is 29.2 Å². The van der Waals surface area contributed by atoms with E-state index in [9.17, 15) is 8.42 Å². The molecule has 0 atom stereocenters. The van der Waals surface area contributed by atoms with Crippen molar-refractivity contribution in [1.29, 1.82) is 0 Å².